The number of carbonyl (C=O) groups excluding carboxylic acids is 1. The molecule has 0 unspecified atom stereocenters. The summed E-state index contributed by atoms with van der Waals surface area (Å²) in [6.07, 6.45) is -3.59. The zero-order valence-corrected chi connectivity index (χ0v) is 26.9. The van der Waals surface area contributed by atoms with E-state index >= 15 is 0 Å². The fraction of sp³-hybridized carbons (Fsp3) is 0.167. The van der Waals surface area contributed by atoms with Gasteiger partial charge in [-0.15, -0.1) is 0 Å². The smallest absolute Gasteiger partial charge is 0.434 e. The van der Waals surface area contributed by atoms with Crippen LogP contribution in [-0.4, -0.2) is 23.3 Å². The highest BCUT2D eigenvalue weighted by Gasteiger charge is 2.45. The maximum atomic E-state index is 14.4. The van der Waals surface area contributed by atoms with E-state index in [4.69, 9.17) is 32.7 Å². The molecule has 14 heteroatoms. The predicted octanol–water partition coefficient (Wildman–Crippen LogP) is 6.97. The summed E-state index contributed by atoms with van der Waals surface area (Å²) in [6.45, 7) is 1.33. The van der Waals surface area contributed by atoms with Gasteiger partial charge in [0.25, 0.3) is 5.56 Å². The number of aromatic nitrogens is 1. The van der Waals surface area contributed by atoms with Gasteiger partial charge in [0.1, 0.15) is 18.2 Å². The van der Waals surface area contributed by atoms with E-state index < -0.39 is 40.8 Å². The maximum Gasteiger partial charge on any atom is 0.434 e. The van der Waals surface area contributed by atoms with E-state index in [0.29, 0.717) is 41.8 Å². The molecule has 0 N–H and O–H groups in total. The third-order valence-electron chi connectivity index (χ3n) is 6.40. The number of benzene rings is 3. The zero-order chi connectivity index (χ0) is 31.8. The van der Waals surface area contributed by atoms with E-state index in [9.17, 15) is 27.2 Å². The molecule has 0 saturated carbocycles. The van der Waals surface area contributed by atoms with Crippen LogP contribution in [0, 0.1) is 9.39 Å². The van der Waals surface area contributed by atoms with Crippen molar-refractivity contribution in [2.24, 2.45) is 4.99 Å². The molecular weight excluding hydrogens is 758 g/mol. The van der Waals surface area contributed by atoms with Gasteiger partial charge in [0, 0.05) is 15.6 Å². The fourth-order valence-corrected chi connectivity index (χ4v) is 6.85. The van der Waals surface area contributed by atoms with Crippen molar-refractivity contribution in [1.29, 1.82) is 0 Å². The number of fused-ring (bicyclic) bond motifs is 1. The molecule has 228 valence electrons. The Bertz CT molecular complexity index is 1960. The Kier molecular flexibility index (Phi) is 9.54. The van der Waals surface area contributed by atoms with Gasteiger partial charge in [-0.05, 0) is 83.1 Å². The topological polar surface area (TPSA) is 69.9 Å². The molecule has 1 aromatic heterocycles. The van der Waals surface area contributed by atoms with Crippen LogP contribution < -0.4 is 19.6 Å². The number of esters is 1. The SMILES string of the molecule is CCOC(=O)C1=C(C(F)(F)F)N=c2s/c(=C\c3cc(Cl)cc(I)c3OCc3ccc(F)cc3)c(=O)n2[C@@H]1c1ccc(Cl)cc1. The first-order valence-electron chi connectivity index (χ1n) is 12.8. The van der Waals surface area contributed by atoms with Crippen LogP contribution in [0.4, 0.5) is 17.6 Å². The lowest BCUT2D eigenvalue weighted by atomic mass is 9.95. The van der Waals surface area contributed by atoms with Gasteiger partial charge in [-0.3, -0.25) is 9.36 Å². The quantitative estimate of drug-likeness (QED) is 0.116. The maximum absolute atomic E-state index is 14.4. The number of rotatable bonds is 7. The Hall–Kier alpha value is -3.20. The van der Waals surface area contributed by atoms with Gasteiger partial charge in [0.2, 0.25) is 0 Å². The van der Waals surface area contributed by atoms with Crippen LogP contribution in [0.1, 0.15) is 29.7 Å². The summed E-state index contributed by atoms with van der Waals surface area (Å²) in [5, 5.41) is 0.633. The number of hydrogen-bond donors (Lipinski definition) is 0. The molecule has 0 saturated heterocycles. The molecule has 0 radical (unpaired) electrons. The molecule has 0 spiro atoms. The van der Waals surface area contributed by atoms with Crippen molar-refractivity contribution >= 4 is 69.2 Å². The highest BCUT2D eigenvalue weighted by Crippen LogP contribution is 2.38. The Morgan fingerprint density at radius 2 is 1.77 bits per heavy atom. The molecule has 1 aliphatic heterocycles. The van der Waals surface area contributed by atoms with Crippen molar-refractivity contribution in [3.8, 4) is 5.75 Å². The second-order valence-electron chi connectivity index (χ2n) is 9.34. The predicted molar refractivity (Wildman–Crippen MR) is 167 cm³/mol. The Morgan fingerprint density at radius 1 is 1.09 bits per heavy atom. The number of hydrogen-bond acceptors (Lipinski definition) is 6. The zero-order valence-electron chi connectivity index (χ0n) is 22.4. The Morgan fingerprint density at radius 3 is 2.41 bits per heavy atom. The standard InChI is InChI=1S/C30H19Cl2F4IN2O4S/c1-2-42-28(41)23-24(16-5-7-18(31)8-6-16)39-27(40)22(44-29(39)38-26(23)30(34,35)36)12-17-11-19(32)13-21(37)25(17)43-14-15-3-9-20(33)10-4-15/h3-13,24H,2,14H2,1H3/b22-12-/t24-/m1/s1. The summed E-state index contributed by atoms with van der Waals surface area (Å²) in [6, 6.07) is 13.2. The number of alkyl halides is 3. The molecule has 1 aliphatic rings. The van der Waals surface area contributed by atoms with Crippen LogP contribution in [0.2, 0.25) is 10.0 Å². The minimum absolute atomic E-state index is 0.0130. The monoisotopic (exact) mass is 776 g/mol. The second-order valence-corrected chi connectivity index (χ2v) is 12.4. The molecular formula is C30H19Cl2F4IN2O4S. The summed E-state index contributed by atoms with van der Waals surface area (Å²) >= 11 is 15.1. The summed E-state index contributed by atoms with van der Waals surface area (Å²) in [7, 11) is 0. The third kappa shape index (κ3) is 6.72. The van der Waals surface area contributed by atoms with E-state index in [2.05, 4.69) is 4.99 Å². The van der Waals surface area contributed by atoms with Gasteiger partial charge in [-0.25, -0.2) is 14.2 Å². The summed E-state index contributed by atoms with van der Waals surface area (Å²) < 4.78 is 69.1. The first kappa shape index (κ1) is 32.2. The van der Waals surface area contributed by atoms with Crippen molar-refractivity contribution < 1.29 is 31.8 Å². The number of carbonyl (C=O) groups is 1. The summed E-state index contributed by atoms with van der Waals surface area (Å²) in [4.78, 5) is 30.4. The average Bonchev–Trinajstić information content (AvgIpc) is 3.27. The average molecular weight is 777 g/mol. The van der Waals surface area contributed by atoms with Gasteiger partial charge in [0.05, 0.1) is 26.3 Å². The van der Waals surface area contributed by atoms with Gasteiger partial charge in [-0.2, -0.15) is 13.2 Å². The lowest BCUT2D eigenvalue weighted by Gasteiger charge is -2.26. The van der Waals surface area contributed by atoms with Crippen molar-refractivity contribution in [3.05, 3.63) is 128 Å². The Labute approximate surface area is 275 Å². The molecule has 0 fully saturated rings. The number of nitrogens with zero attached hydrogens (tertiary/aromatic N) is 2. The van der Waals surface area contributed by atoms with Crippen LogP contribution in [0.5, 0.6) is 5.75 Å². The number of allylic oxidation sites excluding steroid dienone is 1. The van der Waals surface area contributed by atoms with E-state index in [1.165, 1.54) is 49.4 Å². The number of halogens is 7. The van der Waals surface area contributed by atoms with E-state index in [-0.39, 0.29) is 28.1 Å². The minimum atomic E-state index is -5.04. The first-order chi connectivity index (χ1) is 20.9. The largest absolute Gasteiger partial charge is 0.487 e. The molecule has 2 heterocycles. The van der Waals surface area contributed by atoms with Crippen molar-refractivity contribution in [1.82, 2.24) is 4.57 Å². The third-order valence-corrected chi connectivity index (χ3v) is 8.66. The van der Waals surface area contributed by atoms with Crippen LogP contribution >= 0.6 is 57.1 Å². The van der Waals surface area contributed by atoms with Gasteiger partial charge >= 0.3 is 12.1 Å². The van der Waals surface area contributed by atoms with Crippen molar-refractivity contribution in [2.45, 2.75) is 25.7 Å². The highest BCUT2D eigenvalue weighted by atomic mass is 127. The lowest BCUT2D eigenvalue weighted by molar-refractivity contribution is -0.140. The van der Waals surface area contributed by atoms with E-state index in [1.54, 1.807) is 24.3 Å². The molecule has 0 bridgehead atoms. The van der Waals surface area contributed by atoms with Crippen LogP contribution in [-0.2, 0) is 16.1 Å². The van der Waals surface area contributed by atoms with E-state index in [1.807, 2.05) is 22.6 Å². The van der Waals surface area contributed by atoms with Crippen LogP contribution in [0.25, 0.3) is 6.08 Å². The lowest BCUT2D eigenvalue weighted by Crippen LogP contribution is -2.41. The van der Waals surface area contributed by atoms with Crippen molar-refractivity contribution in [3.63, 3.8) is 0 Å². The molecule has 3 aromatic carbocycles. The summed E-state index contributed by atoms with van der Waals surface area (Å²) in [5.41, 5.74) is -1.72. The normalized spacial score (nSPS) is 15.2. The molecule has 0 amide bonds. The number of thiazole rings is 1. The first-order valence-corrected chi connectivity index (χ1v) is 15.4. The molecule has 0 aliphatic carbocycles. The van der Waals surface area contributed by atoms with Gasteiger partial charge in [-0.1, -0.05) is 58.8 Å². The number of ether oxygens (including phenoxy) is 2. The summed E-state index contributed by atoms with van der Waals surface area (Å²) in [5.74, 6) is -1.30. The minimum Gasteiger partial charge on any atom is -0.487 e. The van der Waals surface area contributed by atoms with Crippen molar-refractivity contribution in [2.75, 3.05) is 6.61 Å². The van der Waals surface area contributed by atoms with E-state index in [0.717, 1.165) is 4.57 Å². The van der Waals surface area contributed by atoms with Gasteiger partial charge < -0.3 is 9.47 Å². The van der Waals surface area contributed by atoms with Crippen LogP contribution in [0.15, 0.2) is 81.7 Å². The molecule has 5 rings (SSSR count). The fourth-order valence-electron chi connectivity index (χ4n) is 4.52. The molecule has 6 nitrogen and oxygen atoms in total. The van der Waals surface area contributed by atoms with Gasteiger partial charge in [0.15, 0.2) is 10.5 Å². The highest BCUT2D eigenvalue weighted by molar-refractivity contribution is 14.1. The molecule has 4 aromatic rings. The molecule has 44 heavy (non-hydrogen) atoms. The molecule has 1 atom stereocenters. The Balaban J connectivity index is 1.71. The second kappa shape index (κ2) is 13.0. The van der Waals surface area contributed by atoms with Crippen LogP contribution in [0.3, 0.4) is 0 Å².